The van der Waals surface area contributed by atoms with E-state index in [1.54, 1.807) is 0 Å². The summed E-state index contributed by atoms with van der Waals surface area (Å²) in [5.41, 5.74) is 5.27. The number of nitrogens with two attached hydrogens (primary N) is 1. The van der Waals surface area contributed by atoms with E-state index in [0.29, 0.717) is 5.75 Å². The van der Waals surface area contributed by atoms with E-state index < -0.39 is 6.61 Å². The minimum Gasteiger partial charge on any atom is -0.495 e. The van der Waals surface area contributed by atoms with Crippen molar-refractivity contribution in [2.24, 2.45) is 0 Å². The molecule has 0 aliphatic rings. The van der Waals surface area contributed by atoms with Crippen molar-refractivity contribution < 1.29 is 18.3 Å². The van der Waals surface area contributed by atoms with Crippen molar-refractivity contribution >= 4 is 5.82 Å². The van der Waals surface area contributed by atoms with Crippen molar-refractivity contribution in [2.45, 2.75) is 6.61 Å². The van der Waals surface area contributed by atoms with E-state index in [-0.39, 0.29) is 11.6 Å². The van der Waals surface area contributed by atoms with E-state index in [4.69, 9.17) is 10.5 Å². The molecular formula is C7H8F2N2O2. The number of hydrogen-bond acceptors (Lipinski definition) is 4. The molecule has 0 aliphatic heterocycles. The van der Waals surface area contributed by atoms with Crippen LogP contribution in [0, 0.1) is 0 Å². The Labute approximate surface area is 73.3 Å². The molecule has 6 heteroatoms. The minimum atomic E-state index is -2.92. The van der Waals surface area contributed by atoms with Gasteiger partial charge in [-0.05, 0) is 0 Å². The van der Waals surface area contributed by atoms with Gasteiger partial charge in [0.25, 0.3) is 0 Å². The highest BCUT2D eigenvalue weighted by atomic mass is 19.3. The molecule has 0 atom stereocenters. The second-order valence-electron chi connectivity index (χ2n) is 2.14. The molecule has 0 unspecified atom stereocenters. The standard InChI is InChI=1S/C7H8F2N2O2/c1-12-4-2-5(13-7(8)9)6(10)11-3-4/h2-3,7H,1H3,(H2,10,11). The van der Waals surface area contributed by atoms with E-state index in [0.717, 1.165) is 0 Å². The van der Waals surface area contributed by atoms with Crippen LogP contribution in [0.25, 0.3) is 0 Å². The van der Waals surface area contributed by atoms with Crippen LogP contribution >= 0.6 is 0 Å². The molecule has 1 aromatic rings. The first kappa shape index (κ1) is 9.50. The number of halogens is 2. The van der Waals surface area contributed by atoms with Crippen molar-refractivity contribution in [3.63, 3.8) is 0 Å². The first-order valence-corrected chi connectivity index (χ1v) is 3.38. The van der Waals surface area contributed by atoms with Gasteiger partial charge >= 0.3 is 6.61 Å². The Hall–Kier alpha value is -1.59. The van der Waals surface area contributed by atoms with Crippen LogP contribution < -0.4 is 15.2 Å². The highest BCUT2D eigenvalue weighted by Gasteiger charge is 2.09. The third-order valence-corrected chi connectivity index (χ3v) is 1.31. The van der Waals surface area contributed by atoms with Crippen LogP contribution in [-0.2, 0) is 0 Å². The van der Waals surface area contributed by atoms with Gasteiger partial charge in [-0.3, -0.25) is 0 Å². The predicted molar refractivity (Wildman–Crippen MR) is 41.8 cm³/mol. The molecule has 4 nitrogen and oxygen atoms in total. The Morgan fingerprint density at radius 2 is 2.23 bits per heavy atom. The zero-order valence-electron chi connectivity index (χ0n) is 6.83. The predicted octanol–water partition coefficient (Wildman–Crippen LogP) is 1.27. The van der Waals surface area contributed by atoms with Gasteiger partial charge in [0, 0.05) is 6.07 Å². The van der Waals surface area contributed by atoms with Gasteiger partial charge in [0.1, 0.15) is 5.75 Å². The Morgan fingerprint density at radius 3 is 2.77 bits per heavy atom. The number of methoxy groups -OCH3 is 1. The summed E-state index contributed by atoms with van der Waals surface area (Å²) in [6.45, 7) is -2.92. The van der Waals surface area contributed by atoms with Crippen LogP contribution in [-0.4, -0.2) is 18.7 Å². The lowest BCUT2D eigenvalue weighted by molar-refractivity contribution is -0.0496. The van der Waals surface area contributed by atoms with Crippen LogP contribution in [0.15, 0.2) is 12.3 Å². The molecule has 0 aromatic carbocycles. The molecule has 72 valence electrons. The largest absolute Gasteiger partial charge is 0.495 e. The molecule has 0 saturated heterocycles. The van der Waals surface area contributed by atoms with Crippen LogP contribution in [0.3, 0.4) is 0 Å². The fraction of sp³-hybridized carbons (Fsp3) is 0.286. The number of ether oxygens (including phenoxy) is 2. The number of alkyl halides is 2. The van der Waals surface area contributed by atoms with E-state index in [2.05, 4.69) is 9.72 Å². The van der Waals surface area contributed by atoms with Crippen molar-refractivity contribution in [1.29, 1.82) is 0 Å². The highest BCUT2D eigenvalue weighted by Crippen LogP contribution is 2.25. The molecule has 0 saturated carbocycles. The summed E-state index contributed by atoms with van der Waals surface area (Å²) < 4.78 is 32.4. The number of anilines is 1. The maximum absolute atomic E-state index is 11.8. The van der Waals surface area contributed by atoms with Crippen molar-refractivity contribution in [2.75, 3.05) is 12.8 Å². The van der Waals surface area contributed by atoms with Crippen LogP contribution in [0.1, 0.15) is 0 Å². The third-order valence-electron chi connectivity index (χ3n) is 1.31. The van der Waals surface area contributed by atoms with Crippen molar-refractivity contribution in [3.8, 4) is 11.5 Å². The Balaban J connectivity index is 2.90. The molecule has 0 aliphatic carbocycles. The summed E-state index contributed by atoms with van der Waals surface area (Å²) in [5, 5.41) is 0. The Morgan fingerprint density at radius 1 is 1.54 bits per heavy atom. The molecule has 0 radical (unpaired) electrons. The van der Waals surface area contributed by atoms with E-state index in [9.17, 15) is 8.78 Å². The number of pyridine rings is 1. The second-order valence-corrected chi connectivity index (χ2v) is 2.14. The number of rotatable bonds is 3. The monoisotopic (exact) mass is 190 g/mol. The van der Waals surface area contributed by atoms with E-state index in [1.165, 1.54) is 19.4 Å². The summed E-state index contributed by atoms with van der Waals surface area (Å²) in [6, 6.07) is 1.24. The number of nitrogens with zero attached hydrogens (tertiary/aromatic N) is 1. The first-order valence-electron chi connectivity index (χ1n) is 3.38. The summed E-state index contributed by atoms with van der Waals surface area (Å²) in [4.78, 5) is 3.60. The lowest BCUT2D eigenvalue weighted by Gasteiger charge is -2.07. The van der Waals surface area contributed by atoms with Gasteiger partial charge in [-0.25, -0.2) is 4.98 Å². The van der Waals surface area contributed by atoms with Crippen molar-refractivity contribution in [3.05, 3.63) is 12.3 Å². The van der Waals surface area contributed by atoms with Gasteiger partial charge in [0.15, 0.2) is 11.6 Å². The fourth-order valence-corrected chi connectivity index (χ4v) is 0.739. The zero-order valence-corrected chi connectivity index (χ0v) is 6.83. The lowest BCUT2D eigenvalue weighted by Crippen LogP contribution is -2.05. The topological polar surface area (TPSA) is 57.4 Å². The molecule has 1 aromatic heterocycles. The summed E-state index contributed by atoms with van der Waals surface area (Å²) >= 11 is 0. The molecule has 2 N–H and O–H groups in total. The maximum atomic E-state index is 11.8. The molecular weight excluding hydrogens is 182 g/mol. The quantitative estimate of drug-likeness (QED) is 0.779. The second kappa shape index (κ2) is 3.88. The molecule has 1 heterocycles. The molecule has 0 bridgehead atoms. The fourth-order valence-electron chi connectivity index (χ4n) is 0.739. The van der Waals surface area contributed by atoms with Crippen LogP contribution in [0.5, 0.6) is 11.5 Å². The van der Waals surface area contributed by atoms with E-state index >= 15 is 0 Å². The highest BCUT2D eigenvalue weighted by molar-refractivity contribution is 5.48. The van der Waals surface area contributed by atoms with Gasteiger partial charge in [0.05, 0.1) is 13.3 Å². The molecule has 0 spiro atoms. The summed E-state index contributed by atoms with van der Waals surface area (Å²) in [5.74, 6) is 0.0281. The number of aromatic nitrogens is 1. The minimum absolute atomic E-state index is 0.0962. The van der Waals surface area contributed by atoms with Gasteiger partial charge in [0.2, 0.25) is 0 Å². The van der Waals surface area contributed by atoms with E-state index in [1.807, 2.05) is 0 Å². The average molecular weight is 190 g/mol. The Bertz CT molecular complexity index is 294. The molecule has 0 fully saturated rings. The van der Waals surface area contributed by atoms with Crippen LogP contribution in [0.4, 0.5) is 14.6 Å². The maximum Gasteiger partial charge on any atom is 0.387 e. The first-order chi connectivity index (χ1) is 6.13. The summed E-state index contributed by atoms with van der Waals surface area (Å²) in [7, 11) is 1.39. The number of hydrogen-bond donors (Lipinski definition) is 1. The lowest BCUT2D eigenvalue weighted by atomic mass is 10.4. The number of nitrogen functional groups attached to an aromatic ring is 1. The molecule has 13 heavy (non-hydrogen) atoms. The van der Waals surface area contributed by atoms with Gasteiger partial charge < -0.3 is 15.2 Å². The molecule has 1 rings (SSSR count). The smallest absolute Gasteiger partial charge is 0.387 e. The zero-order chi connectivity index (χ0) is 9.84. The van der Waals surface area contributed by atoms with Crippen LogP contribution in [0.2, 0.25) is 0 Å². The van der Waals surface area contributed by atoms with Gasteiger partial charge in [-0.2, -0.15) is 8.78 Å². The van der Waals surface area contributed by atoms with Gasteiger partial charge in [-0.1, -0.05) is 0 Å². The SMILES string of the molecule is COc1cnc(N)c(OC(F)F)c1. The van der Waals surface area contributed by atoms with Crippen molar-refractivity contribution in [1.82, 2.24) is 4.98 Å². The Kier molecular flexibility index (Phi) is 2.84. The molecule has 0 amide bonds. The van der Waals surface area contributed by atoms with Gasteiger partial charge in [-0.15, -0.1) is 0 Å². The normalized spacial score (nSPS) is 10.2. The average Bonchev–Trinajstić information content (AvgIpc) is 2.08. The summed E-state index contributed by atoms with van der Waals surface area (Å²) in [6.07, 6.45) is 1.31. The third kappa shape index (κ3) is 2.43.